The van der Waals surface area contributed by atoms with Crippen LogP contribution in [0.5, 0.6) is 0 Å². The third-order valence-electron chi connectivity index (χ3n) is 2.42. The molecule has 0 saturated heterocycles. The van der Waals surface area contributed by atoms with Gasteiger partial charge < -0.3 is 5.73 Å². The minimum absolute atomic E-state index is 0.0782. The maximum Gasteiger partial charge on any atom is 0.108 e. The number of rotatable bonds is 3. The Hall–Kier alpha value is -1.33. The second-order valence-electron chi connectivity index (χ2n) is 4.22. The number of aromatic nitrogens is 3. The molecule has 2 aromatic heterocycles. The highest BCUT2D eigenvalue weighted by molar-refractivity contribution is 7.10. The van der Waals surface area contributed by atoms with Gasteiger partial charge in [0.05, 0.1) is 6.20 Å². The van der Waals surface area contributed by atoms with E-state index in [-0.39, 0.29) is 5.41 Å². The van der Waals surface area contributed by atoms with E-state index in [0.717, 1.165) is 16.4 Å². The summed E-state index contributed by atoms with van der Waals surface area (Å²) >= 11 is 1.62. The van der Waals surface area contributed by atoms with Gasteiger partial charge >= 0.3 is 0 Å². The van der Waals surface area contributed by atoms with Gasteiger partial charge in [-0.1, -0.05) is 13.8 Å². The van der Waals surface area contributed by atoms with Gasteiger partial charge in [-0.15, -0.1) is 11.3 Å². The van der Waals surface area contributed by atoms with E-state index in [1.807, 2.05) is 5.38 Å². The molecule has 0 amide bonds. The Morgan fingerprint density at radius 3 is 2.75 bits per heavy atom. The van der Waals surface area contributed by atoms with Crippen molar-refractivity contribution in [2.45, 2.75) is 19.3 Å². The average molecular weight is 234 g/mol. The van der Waals surface area contributed by atoms with Gasteiger partial charge in [-0.25, -0.2) is 4.98 Å². The van der Waals surface area contributed by atoms with Crippen molar-refractivity contribution < 1.29 is 0 Å². The van der Waals surface area contributed by atoms with Gasteiger partial charge in [0.25, 0.3) is 0 Å². The number of thiazole rings is 1. The highest BCUT2D eigenvalue weighted by Gasteiger charge is 2.22. The lowest BCUT2D eigenvalue weighted by Gasteiger charge is -2.18. The molecule has 0 radical (unpaired) electrons. The third kappa shape index (κ3) is 2.10. The Labute approximate surface area is 98.6 Å². The molecule has 4 nitrogen and oxygen atoms in total. The smallest absolute Gasteiger partial charge is 0.108 e. The van der Waals surface area contributed by atoms with Crippen molar-refractivity contribution in [1.29, 1.82) is 0 Å². The van der Waals surface area contributed by atoms with E-state index in [0.29, 0.717) is 6.54 Å². The average Bonchev–Trinajstić information content (AvgIpc) is 2.80. The molecular weight excluding hydrogens is 220 g/mol. The number of hydrogen-bond acceptors (Lipinski definition) is 5. The van der Waals surface area contributed by atoms with E-state index in [9.17, 15) is 0 Å². The van der Waals surface area contributed by atoms with Crippen LogP contribution in [0.25, 0.3) is 11.4 Å². The molecule has 0 unspecified atom stereocenters. The van der Waals surface area contributed by atoms with Crippen LogP contribution in [0.2, 0.25) is 0 Å². The molecule has 2 heterocycles. The van der Waals surface area contributed by atoms with Crippen molar-refractivity contribution in [2.75, 3.05) is 6.54 Å². The zero-order valence-electron chi connectivity index (χ0n) is 9.34. The summed E-state index contributed by atoms with van der Waals surface area (Å²) in [6, 6.07) is 0. The molecule has 0 saturated carbocycles. The van der Waals surface area contributed by atoms with Crippen LogP contribution >= 0.6 is 11.3 Å². The molecule has 0 aromatic carbocycles. The minimum Gasteiger partial charge on any atom is -0.330 e. The molecule has 2 N–H and O–H groups in total. The second kappa shape index (κ2) is 4.27. The first-order valence-electron chi connectivity index (χ1n) is 5.06. The second-order valence-corrected chi connectivity index (χ2v) is 5.07. The monoisotopic (exact) mass is 234 g/mol. The summed E-state index contributed by atoms with van der Waals surface area (Å²) in [5.74, 6) is 0. The molecule has 0 bridgehead atoms. The van der Waals surface area contributed by atoms with E-state index in [1.165, 1.54) is 0 Å². The summed E-state index contributed by atoms with van der Waals surface area (Å²) in [4.78, 5) is 12.8. The van der Waals surface area contributed by atoms with Crippen molar-refractivity contribution in [3.63, 3.8) is 0 Å². The van der Waals surface area contributed by atoms with Crippen LogP contribution in [0.3, 0.4) is 0 Å². The number of nitrogens with two attached hydrogens (primary N) is 1. The zero-order chi connectivity index (χ0) is 11.6. The molecule has 16 heavy (non-hydrogen) atoms. The Balaban J connectivity index is 2.34. The van der Waals surface area contributed by atoms with Gasteiger partial charge in [0, 0.05) is 29.7 Å². The summed E-state index contributed by atoms with van der Waals surface area (Å²) in [5, 5.41) is 3.03. The van der Waals surface area contributed by atoms with Crippen LogP contribution in [-0.4, -0.2) is 21.5 Å². The molecule has 2 aromatic rings. The van der Waals surface area contributed by atoms with Crippen LogP contribution in [0.1, 0.15) is 18.9 Å². The van der Waals surface area contributed by atoms with Gasteiger partial charge in [0.2, 0.25) is 0 Å². The Kier molecular flexibility index (Phi) is 2.98. The predicted octanol–water partition coefficient (Wildman–Crippen LogP) is 1.84. The van der Waals surface area contributed by atoms with Crippen molar-refractivity contribution in [1.82, 2.24) is 15.0 Å². The third-order valence-corrected chi connectivity index (χ3v) is 3.63. The van der Waals surface area contributed by atoms with Gasteiger partial charge in [-0.05, 0) is 0 Å². The number of nitrogens with zero attached hydrogens (tertiary/aromatic N) is 3. The summed E-state index contributed by atoms with van der Waals surface area (Å²) in [7, 11) is 0. The predicted molar refractivity (Wildman–Crippen MR) is 65.2 cm³/mol. The van der Waals surface area contributed by atoms with Crippen molar-refractivity contribution >= 4 is 11.3 Å². The Morgan fingerprint density at radius 2 is 2.12 bits per heavy atom. The van der Waals surface area contributed by atoms with Crippen LogP contribution in [0, 0.1) is 0 Å². The first-order chi connectivity index (χ1) is 7.63. The maximum absolute atomic E-state index is 5.72. The van der Waals surface area contributed by atoms with Crippen LogP contribution in [0.4, 0.5) is 0 Å². The molecule has 0 aliphatic heterocycles. The van der Waals surface area contributed by atoms with E-state index >= 15 is 0 Å². The lowest BCUT2D eigenvalue weighted by atomic mass is 9.95. The van der Waals surface area contributed by atoms with Gasteiger partial charge in [-0.2, -0.15) is 0 Å². The fourth-order valence-corrected chi connectivity index (χ4v) is 2.17. The molecule has 0 fully saturated rings. The van der Waals surface area contributed by atoms with Crippen LogP contribution in [-0.2, 0) is 5.41 Å². The molecule has 84 valence electrons. The SMILES string of the molecule is CC(C)(CN)c1nc(-c2cnccn2)cs1. The van der Waals surface area contributed by atoms with Crippen molar-refractivity contribution in [2.24, 2.45) is 5.73 Å². The molecular formula is C11H14N4S. The minimum atomic E-state index is -0.0782. The van der Waals surface area contributed by atoms with E-state index in [1.54, 1.807) is 29.9 Å². The van der Waals surface area contributed by atoms with Gasteiger partial charge in [0.1, 0.15) is 16.4 Å². The molecule has 0 spiro atoms. The Morgan fingerprint density at radius 1 is 1.31 bits per heavy atom. The first kappa shape index (κ1) is 11.2. The first-order valence-corrected chi connectivity index (χ1v) is 5.94. The maximum atomic E-state index is 5.72. The zero-order valence-corrected chi connectivity index (χ0v) is 10.2. The highest BCUT2D eigenvalue weighted by Crippen LogP contribution is 2.28. The van der Waals surface area contributed by atoms with Gasteiger partial charge in [0.15, 0.2) is 0 Å². The summed E-state index contributed by atoms with van der Waals surface area (Å²) < 4.78 is 0. The fraction of sp³-hybridized carbons (Fsp3) is 0.364. The molecule has 0 aliphatic carbocycles. The van der Waals surface area contributed by atoms with Crippen LogP contribution in [0.15, 0.2) is 24.0 Å². The van der Waals surface area contributed by atoms with E-state index in [2.05, 4.69) is 28.8 Å². The fourth-order valence-electron chi connectivity index (χ4n) is 1.22. The highest BCUT2D eigenvalue weighted by atomic mass is 32.1. The number of hydrogen-bond donors (Lipinski definition) is 1. The Bertz CT molecular complexity index is 464. The normalized spacial score (nSPS) is 11.7. The molecule has 0 atom stereocenters. The molecule has 2 rings (SSSR count). The summed E-state index contributed by atoms with van der Waals surface area (Å²) in [5.41, 5.74) is 7.32. The summed E-state index contributed by atoms with van der Waals surface area (Å²) in [6.07, 6.45) is 5.04. The van der Waals surface area contributed by atoms with Crippen LogP contribution < -0.4 is 5.73 Å². The van der Waals surface area contributed by atoms with E-state index < -0.39 is 0 Å². The molecule has 5 heteroatoms. The standard InChI is InChI=1S/C11H14N4S/c1-11(2,7-12)10-15-9(6-16-10)8-5-13-3-4-14-8/h3-6H,7,12H2,1-2H3. The largest absolute Gasteiger partial charge is 0.330 e. The topological polar surface area (TPSA) is 64.7 Å². The van der Waals surface area contributed by atoms with Crippen molar-refractivity contribution in [3.05, 3.63) is 29.0 Å². The molecule has 0 aliphatic rings. The lowest BCUT2D eigenvalue weighted by Crippen LogP contribution is -2.27. The van der Waals surface area contributed by atoms with Gasteiger partial charge in [-0.3, -0.25) is 9.97 Å². The van der Waals surface area contributed by atoms with Crippen molar-refractivity contribution in [3.8, 4) is 11.4 Å². The van der Waals surface area contributed by atoms with E-state index in [4.69, 9.17) is 5.73 Å². The quantitative estimate of drug-likeness (QED) is 0.880. The lowest BCUT2D eigenvalue weighted by molar-refractivity contribution is 0.536. The summed E-state index contributed by atoms with van der Waals surface area (Å²) in [6.45, 7) is 4.76.